The van der Waals surface area contributed by atoms with Crippen molar-refractivity contribution < 1.29 is 19.2 Å². The van der Waals surface area contributed by atoms with Crippen molar-refractivity contribution in [1.82, 2.24) is 0 Å². The van der Waals surface area contributed by atoms with Crippen LogP contribution in [0.15, 0.2) is 18.2 Å². The van der Waals surface area contributed by atoms with Crippen molar-refractivity contribution in [3.05, 3.63) is 35.6 Å². The third-order valence-corrected chi connectivity index (χ3v) is 1.02. The second-order valence-corrected chi connectivity index (χ2v) is 1.68. The van der Waals surface area contributed by atoms with Crippen LogP contribution in [0.3, 0.4) is 0 Å². The van der Waals surface area contributed by atoms with E-state index in [0.717, 1.165) is 0 Å². The molecule has 10 heavy (non-hydrogen) atoms. The molecule has 0 aromatic heterocycles. The first-order chi connectivity index (χ1) is 4.80. The van der Waals surface area contributed by atoms with Gasteiger partial charge in [0.2, 0.25) is 0 Å². The number of rotatable bonds is 0. The fraction of sp³-hybridized carbons (Fsp3) is 0.143. The Labute approximate surface area is 81.1 Å². The van der Waals surface area contributed by atoms with E-state index in [0.29, 0.717) is 5.56 Å². The van der Waals surface area contributed by atoms with Crippen LogP contribution in [-0.2, 0) is 14.8 Å². The molecule has 0 amide bonds. The number of hydrogen-bond acceptors (Lipinski definition) is 0. The summed E-state index contributed by atoms with van der Waals surface area (Å²) >= 11 is 3.62. The van der Waals surface area contributed by atoms with Crippen molar-refractivity contribution in [2.75, 3.05) is 0 Å². The minimum atomic E-state index is -0.187. The molecule has 0 saturated carbocycles. The predicted molar refractivity (Wildman–Crippen MR) is 44.0 cm³/mol. The van der Waals surface area contributed by atoms with E-state index in [-0.39, 0.29) is 5.82 Å². The SMILES string of the molecule is Cc1cc[c-]cc1F.[Zn+][I]. The zero-order valence-electron chi connectivity index (χ0n) is 5.70. The summed E-state index contributed by atoms with van der Waals surface area (Å²) in [5.74, 6) is -0.187. The van der Waals surface area contributed by atoms with Crippen LogP contribution in [0.1, 0.15) is 5.56 Å². The molecule has 0 aliphatic heterocycles. The van der Waals surface area contributed by atoms with Gasteiger partial charge in [-0.3, -0.25) is 4.39 Å². The molecule has 0 bridgehead atoms. The van der Waals surface area contributed by atoms with Crippen LogP contribution in [0.4, 0.5) is 4.39 Å². The average molecular weight is 301 g/mol. The van der Waals surface area contributed by atoms with Gasteiger partial charge in [0.25, 0.3) is 0 Å². The molecular weight excluding hydrogens is 295 g/mol. The van der Waals surface area contributed by atoms with Gasteiger partial charge >= 0.3 is 34.5 Å². The Balaban J connectivity index is 0.000000371. The maximum absolute atomic E-state index is 12.3. The Morgan fingerprint density at radius 2 is 2.20 bits per heavy atom. The zero-order valence-corrected chi connectivity index (χ0v) is 10.8. The third-order valence-electron chi connectivity index (χ3n) is 1.02. The second kappa shape index (κ2) is 6.23. The van der Waals surface area contributed by atoms with E-state index in [4.69, 9.17) is 0 Å². The van der Waals surface area contributed by atoms with Gasteiger partial charge in [-0.15, -0.1) is 11.6 Å². The Hall–Kier alpha value is 0.503. The maximum atomic E-state index is 12.3. The topological polar surface area (TPSA) is 0 Å². The Bertz CT molecular complexity index is 170. The summed E-state index contributed by atoms with van der Waals surface area (Å²) < 4.78 is 12.3. The summed E-state index contributed by atoms with van der Waals surface area (Å²) in [4.78, 5) is 0. The summed E-state index contributed by atoms with van der Waals surface area (Å²) in [6, 6.07) is 7.34. The van der Waals surface area contributed by atoms with E-state index in [1.807, 2.05) is 0 Å². The van der Waals surface area contributed by atoms with Gasteiger partial charge in [-0.25, -0.2) is 0 Å². The molecule has 3 heteroatoms. The summed E-state index contributed by atoms with van der Waals surface area (Å²) in [5.41, 5.74) is 0.670. The van der Waals surface area contributed by atoms with Crippen LogP contribution in [0, 0.1) is 18.8 Å². The third kappa shape index (κ3) is 3.62. The molecule has 1 aromatic carbocycles. The van der Waals surface area contributed by atoms with Crippen molar-refractivity contribution in [2.24, 2.45) is 0 Å². The van der Waals surface area contributed by atoms with Crippen molar-refractivity contribution in [1.29, 1.82) is 0 Å². The summed E-state index contributed by atoms with van der Waals surface area (Å²) in [6.07, 6.45) is 0. The molecule has 0 fully saturated rings. The molecule has 0 N–H and O–H groups in total. The standard InChI is InChI=1S/C7H6F.HI.Zn/c1-6-4-2-3-5-7(6)8;;/h2,4-5H,1H3;1H;/q-1;;+2/p-1. The molecule has 0 spiro atoms. The Morgan fingerprint density at radius 1 is 1.60 bits per heavy atom. The summed E-state index contributed by atoms with van der Waals surface area (Å²) in [6.45, 7) is 1.73. The quantitative estimate of drug-likeness (QED) is 0.393. The van der Waals surface area contributed by atoms with Gasteiger partial charge in [0.1, 0.15) is 0 Å². The number of hydrogen-bond donors (Lipinski definition) is 0. The van der Waals surface area contributed by atoms with Crippen molar-refractivity contribution in [2.45, 2.75) is 6.92 Å². The van der Waals surface area contributed by atoms with E-state index in [2.05, 4.69) is 25.8 Å². The van der Waals surface area contributed by atoms with Crippen molar-refractivity contribution in [3.63, 3.8) is 0 Å². The van der Waals surface area contributed by atoms with Crippen molar-refractivity contribution in [3.8, 4) is 0 Å². The molecule has 0 aliphatic rings. The number of benzene rings is 1. The first-order valence-corrected chi connectivity index (χ1v) is 11.7. The summed E-state index contributed by atoms with van der Waals surface area (Å²) in [7, 11) is 0. The molecule has 0 nitrogen and oxygen atoms in total. The average Bonchev–Trinajstić information content (AvgIpc) is 2.00. The van der Waals surface area contributed by atoms with Crippen LogP contribution in [-0.4, -0.2) is 0 Å². The Morgan fingerprint density at radius 3 is 2.50 bits per heavy atom. The molecule has 50 valence electrons. The van der Waals surface area contributed by atoms with Gasteiger partial charge in [-0.2, -0.15) is 18.2 Å². The molecule has 0 atom stereocenters. The van der Waals surface area contributed by atoms with Crippen LogP contribution >= 0.6 is 19.8 Å². The molecule has 0 radical (unpaired) electrons. The number of halogens is 2. The Kier molecular flexibility index (Phi) is 6.54. The monoisotopic (exact) mass is 300 g/mol. The van der Waals surface area contributed by atoms with Crippen LogP contribution in [0.2, 0.25) is 0 Å². The van der Waals surface area contributed by atoms with E-state index < -0.39 is 0 Å². The van der Waals surface area contributed by atoms with Crippen molar-refractivity contribution >= 4 is 19.8 Å². The second-order valence-electron chi connectivity index (χ2n) is 1.68. The molecule has 0 heterocycles. The van der Waals surface area contributed by atoms with Gasteiger partial charge in [-0.1, -0.05) is 6.92 Å². The van der Waals surface area contributed by atoms with E-state index in [9.17, 15) is 4.39 Å². The molecule has 1 rings (SSSR count). The van der Waals surface area contributed by atoms with E-state index >= 15 is 0 Å². The van der Waals surface area contributed by atoms with E-state index in [1.165, 1.54) is 20.9 Å². The molecule has 0 aliphatic carbocycles. The van der Waals surface area contributed by atoms with Crippen LogP contribution < -0.4 is 0 Å². The van der Waals surface area contributed by atoms with Gasteiger partial charge in [-0.05, 0) is 0 Å². The minimum absolute atomic E-state index is 0.187. The van der Waals surface area contributed by atoms with Gasteiger partial charge in [0.15, 0.2) is 0 Å². The predicted octanol–water partition coefficient (Wildman–Crippen LogP) is 2.82. The fourth-order valence-electron chi connectivity index (χ4n) is 0.488. The van der Waals surface area contributed by atoms with E-state index in [1.54, 1.807) is 19.1 Å². The first-order valence-electron chi connectivity index (χ1n) is 2.69. The fourth-order valence-corrected chi connectivity index (χ4v) is 0.488. The van der Waals surface area contributed by atoms with Crippen LogP contribution in [0.25, 0.3) is 0 Å². The van der Waals surface area contributed by atoms with Crippen LogP contribution in [0.5, 0.6) is 0 Å². The molecular formula is C7H6FIZn. The van der Waals surface area contributed by atoms with Gasteiger partial charge < -0.3 is 0 Å². The summed E-state index contributed by atoms with van der Waals surface area (Å²) in [5, 5.41) is 0. The molecule has 0 unspecified atom stereocenters. The molecule has 1 aromatic rings. The zero-order chi connectivity index (χ0) is 7.98. The number of aryl methyl sites for hydroxylation is 1. The molecule has 0 saturated heterocycles. The first kappa shape index (κ1) is 10.5. The van der Waals surface area contributed by atoms with Gasteiger partial charge in [0, 0.05) is 5.82 Å². The van der Waals surface area contributed by atoms with Gasteiger partial charge in [0.05, 0.1) is 0 Å². The normalized spacial score (nSPS) is 8.10.